The molecule has 2 heterocycles. The lowest BCUT2D eigenvalue weighted by molar-refractivity contribution is -0.116. The number of piperazine rings is 1. The molecule has 1 aromatic rings. The fourth-order valence-electron chi connectivity index (χ4n) is 2.35. The van der Waals surface area contributed by atoms with Crippen LogP contribution >= 0.6 is 0 Å². The van der Waals surface area contributed by atoms with Crippen LogP contribution in [0.15, 0.2) is 18.3 Å². The third-order valence-corrected chi connectivity index (χ3v) is 3.67. The van der Waals surface area contributed by atoms with E-state index < -0.39 is 0 Å². The monoisotopic (exact) mass is 260 g/mol. The standard InChI is InChI=1S/C14H20N4O/c19-14(9-11-1-2-11)17-13-4-3-12(10-16-13)18-7-5-15-6-8-18/h3-4,10-11,15H,1-2,5-9H2,(H,16,17,19). The van der Waals surface area contributed by atoms with Crippen LogP contribution in [0.4, 0.5) is 11.5 Å². The third kappa shape index (κ3) is 3.44. The molecular weight excluding hydrogens is 240 g/mol. The van der Waals surface area contributed by atoms with E-state index in [0.717, 1.165) is 31.9 Å². The molecule has 0 bridgehead atoms. The molecule has 5 nitrogen and oxygen atoms in total. The average Bonchev–Trinajstić information content (AvgIpc) is 3.24. The maximum absolute atomic E-state index is 11.7. The van der Waals surface area contributed by atoms with E-state index in [-0.39, 0.29) is 5.91 Å². The number of nitrogens with one attached hydrogen (secondary N) is 2. The number of amides is 1. The van der Waals surface area contributed by atoms with Crippen LogP contribution < -0.4 is 15.5 Å². The molecule has 5 heteroatoms. The van der Waals surface area contributed by atoms with Gasteiger partial charge >= 0.3 is 0 Å². The van der Waals surface area contributed by atoms with E-state index in [1.54, 1.807) is 0 Å². The fraction of sp³-hybridized carbons (Fsp3) is 0.571. The molecule has 1 amide bonds. The molecule has 1 aliphatic heterocycles. The first-order valence-electron chi connectivity index (χ1n) is 7.03. The molecule has 1 aromatic heterocycles. The summed E-state index contributed by atoms with van der Waals surface area (Å²) in [4.78, 5) is 18.3. The van der Waals surface area contributed by atoms with Gasteiger partial charge in [0.25, 0.3) is 0 Å². The minimum Gasteiger partial charge on any atom is -0.368 e. The first kappa shape index (κ1) is 12.4. The molecular formula is C14H20N4O. The van der Waals surface area contributed by atoms with Gasteiger partial charge in [0.15, 0.2) is 0 Å². The SMILES string of the molecule is O=C(CC1CC1)Nc1ccc(N2CCNCC2)cn1. The lowest BCUT2D eigenvalue weighted by Crippen LogP contribution is -2.43. The summed E-state index contributed by atoms with van der Waals surface area (Å²) >= 11 is 0. The molecule has 3 rings (SSSR count). The van der Waals surface area contributed by atoms with Crippen molar-refractivity contribution in [2.24, 2.45) is 5.92 Å². The first-order valence-corrected chi connectivity index (χ1v) is 7.03. The van der Waals surface area contributed by atoms with Crippen molar-refractivity contribution in [3.8, 4) is 0 Å². The molecule has 1 aliphatic carbocycles. The highest BCUT2D eigenvalue weighted by Gasteiger charge is 2.24. The van der Waals surface area contributed by atoms with Crippen LogP contribution in [-0.2, 0) is 4.79 Å². The number of pyridine rings is 1. The number of nitrogens with zero attached hydrogens (tertiary/aromatic N) is 2. The largest absolute Gasteiger partial charge is 0.368 e. The Hall–Kier alpha value is -1.62. The smallest absolute Gasteiger partial charge is 0.225 e. The quantitative estimate of drug-likeness (QED) is 0.855. The molecule has 0 aromatic carbocycles. The molecule has 0 unspecified atom stereocenters. The van der Waals surface area contributed by atoms with Gasteiger partial charge in [-0.3, -0.25) is 4.79 Å². The fourth-order valence-corrected chi connectivity index (χ4v) is 2.35. The van der Waals surface area contributed by atoms with E-state index in [1.807, 2.05) is 18.3 Å². The summed E-state index contributed by atoms with van der Waals surface area (Å²) in [5, 5.41) is 6.19. The van der Waals surface area contributed by atoms with Gasteiger partial charge in [0.1, 0.15) is 5.82 Å². The molecule has 102 valence electrons. The summed E-state index contributed by atoms with van der Waals surface area (Å²) in [6.45, 7) is 4.05. The van der Waals surface area contributed by atoms with Gasteiger partial charge in [0, 0.05) is 32.6 Å². The number of anilines is 2. The normalized spacial score (nSPS) is 19.3. The molecule has 1 saturated heterocycles. The Balaban J connectivity index is 1.56. The molecule has 2 N–H and O–H groups in total. The van der Waals surface area contributed by atoms with Crippen LogP contribution in [0.1, 0.15) is 19.3 Å². The van der Waals surface area contributed by atoms with Crippen molar-refractivity contribution in [2.45, 2.75) is 19.3 Å². The van der Waals surface area contributed by atoms with Gasteiger partial charge in [0.05, 0.1) is 11.9 Å². The van der Waals surface area contributed by atoms with Crippen molar-refractivity contribution in [3.05, 3.63) is 18.3 Å². The van der Waals surface area contributed by atoms with Crippen molar-refractivity contribution in [1.29, 1.82) is 0 Å². The minimum atomic E-state index is 0.0879. The maximum Gasteiger partial charge on any atom is 0.225 e. The number of hydrogen-bond donors (Lipinski definition) is 2. The molecule has 2 fully saturated rings. The van der Waals surface area contributed by atoms with E-state index in [4.69, 9.17) is 0 Å². The van der Waals surface area contributed by atoms with Crippen LogP contribution in [0, 0.1) is 5.92 Å². The van der Waals surface area contributed by atoms with E-state index in [1.165, 1.54) is 12.8 Å². The van der Waals surface area contributed by atoms with Gasteiger partial charge in [-0.05, 0) is 30.9 Å². The summed E-state index contributed by atoms with van der Waals surface area (Å²) in [7, 11) is 0. The number of hydrogen-bond acceptors (Lipinski definition) is 4. The zero-order valence-electron chi connectivity index (χ0n) is 11.1. The van der Waals surface area contributed by atoms with E-state index in [0.29, 0.717) is 18.2 Å². The molecule has 0 spiro atoms. The van der Waals surface area contributed by atoms with Crippen molar-refractivity contribution < 1.29 is 4.79 Å². The zero-order valence-corrected chi connectivity index (χ0v) is 11.1. The van der Waals surface area contributed by atoms with Gasteiger partial charge in [0.2, 0.25) is 5.91 Å². The lowest BCUT2D eigenvalue weighted by Gasteiger charge is -2.29. The highest BCUT2D eigenvalue weighted by Crippen LogP contribution is 2.32. The van der Waals surface area contributed by atoms with Gasteiger partial charge in [-0.2, -0.15) is 0 Å². The predicted molar refractivity (Wildman–Crippen MR) is 75.3 cm³/mol. The Morgan fingerprint density at radius 3 is 2.79 bits per heavy atom. The zero-order chi connectivity index (χ0) is 13.1. The van der Waals surface area contributed by atoms with E-state index in [9.17, 15) is 4.79 Å². The second kappa shape index (κ2) is 5.57. The Kier molecular flexibility index (Phi) is 3.64. The second-order valence-corrected chi connectivity index (χ2v) is 5.33. The van der Waals surface area contributed by atoms with E-state index in [2.05, 4.69) is 20.5 Å². The molecule has 0 atom stereocenters. The summed E-state index contributed by atoms with van der Waals surface area (Å²) in [6.07, 6.45) is 4.88. The highest BCUT2D eigenvalue weighted by molar-refractivity contribution is 5.90. The van der Waals surface area contributed by atoms with Crippen molar-refractivity contribution in [1.82, 2.24) is 10.3 Å². The summed E-state index contributed by atoms with van der Waals surface area (Å²) in [5.74, 6) is 1.36. The van der Waals surface area contributed by atoms with Gasteiger partial charge in [-0.1, -0.05) is 0 Å². The Morgan fingerprint density at radius 2 is 2.16 bits per heavy atom. The molecule has 1 saturated carbocycles. The summed E-state index contributed by atoms with van der Waals surface area (Å²) in [5.41, 5.74) is 1.13. The van der Waals surface area contributed by atoms with Gasteiger partial charge in [-0.25, -0.2) is 4.98 Å². The Morgan fingerprint density at radius 1 is 1.37 bits per heavy atom. The van der Waals surface area contributed by atoms with Crippen molar-refractivity contribution in [3.63, 3.8) is 0 Å². The average molecular weight is 260 g/mol. The first-order chi connectivity index (χ1) is 9.31. The third-order valence-electron chi connectivity index (χ3n) is 3.67. The molecule has 19 heavy (non-hydrogen) atoms. The number of rotatable bonds is 4. The van der Waals surface area contributed by atoms with Crippen LogP contribution in [0.25, 0.3) is 0 Å². The Bertz CT molecular complexity index is 435. The summed E-state index contributed by atoms with van der Waals surface area (Å²) < 4.78 is 0. The lowest BCUT2D eigenvalue weighted by atomic mass is 10.2. The number of carbonyl (C=O) groups is 1. The predicted octanol–water partition coefficient (Wildman–Crippen LogP) is 1.23. The van der Waals surface area contributed by atoms with Crippen molar-refractivity contribution >= 4 is 17.4 Å². The van der Waals surface area contributed by atoms with Crippen molar-refractivity contribution in [2.75, 3.05) is 36.4 Å². The molecule has 2 aliphatic rings. The van der Waals surface area contributed by atoms with Gasteiger partial charge < -0.3 is 15.5 Å². The van der Waals surface area contributed by atoms with Crippen LogP contribution in [0.3, 0.4) is 0 Å². The minimum absolute atomic E-state index is 0.0879. The van der Waals surface area contributed by atoms with Gasteiger partial charge in [-0.15, -0.1) is 0 Å². The Labute approximate surface area is 113 Å². The topological polar surface area (TPSA) is 57.3 Å². The van der Waals surface area contributed by atoms with Crippen LogP contribution in [0.5, 0.6) is 0 Å². The summed E-state index contributed by atoms with van der Waals surface area (Å²) in [6, 6.07) is 3.92. The van der Waals surface area contributed by atoms with E-state index >= 15 is 0 Å². The number of carbonyl (C=O) groups excluding carboxylic acids is 1. The molecule has 0 radical (unpaired) electrons. The number of aromatic nitrogens is 1. The van der Waals surface area contributed by atoms with Crippen LogP contribution in [0.2, 0.25) is 0 Å². The maximum atomic E-state index is 11.7. The second-order valence-electron chi connectivity index (χ2n) is 5.33. The van der Waals surface area contributed by atoms with Crippen LogP contribution in [-0.4, -0.2) is 37.1 Å². The highest BCUT2D eigenvalue weighted by atomic mass is 16.1.